The van der Waals surface area contributed by atoms with Gasteiger partial charge in [-0.2, -0.15) is 0 Å². The summed E-state index contributed by atoms with van der Waals surface area (Å²) in [6, 6.07) is 6.82. The summed E-state index contributed by atoms with van der Waals surface area (Å²) in [5.41, 5.74) is 16.9. The molecule has 190 valence electrons. The summed E-state index contributed by atoms with van der Waals surface area (Å²) in [7, 11) is 0. The maximum Gasteiger partial charge on any atom is 0.135 e. The fourth-order valence-corrected chi connectivity index (χ4v) is 4.63. The molecule has 4 rings (SSSR count). The molecule has 8 heteroatoms. The number of anilines is 1. The van der Waals surface area contributed by atoms with Crippen molar-refractivity contribution >= 4 is 11.4 Å². The predicted octanol–water partition coefficient (Wildman–Crippen LogP) is 4.32. The Labute approximate surface area is 210 Å². The molecule has 1 saturated heterocycles. The molecule has 2 unspecified atom stereocenters. The van der Waals surface area contributed by atoms with E-state index < -0.39 is 11.6 Å². The van der Waals surface area contributed by atoms with E-state index in [0.29, 0.717) is 30.2 Å². The van der Waals surface area contributed by atoms with Gasteiger partial charge in [0.2, 0.25) is 0 Å². The number of benzene rings is 1. The third-order valence-corrected chi connectivity index (χ3v) is 6.47. The maximum atomic E-state index is 14.5. The molecule has 0 amide bonds. The first kappa shape index (κ1) is 25.6. The van der Waals surface area contributed by atoms with Gasteiger partial charge < -0.3 is 26.8 Å². The Balaban J connectivity index is 1.76. The second-order valence-corrected chi connectivity index (χ2v) is 9.29. The lowest BCUT2D eigenvalue weighted by Crippen LogP contribution is -2.47. The molecule has 2 atom stereocenters. The van der Waals surface area contributed by atoms with Crippen LogP contribution in [0.3, 0.4) is 0 Å². The summed E-state index contributed by atoms with van der Waals surface area (Å²) in [5, 5.41) is 13.2. The third kappa shape index (κ3) is 5.50. The van der Waals surface area contributed by atoms with Crippen LogP contribution >= 0.6 is 0 Å². The number of pyridine rings is 1. The molecular formula is C28H33F2N5O. The number of nitrogen functional groups attached to an aromatic ring is 1. The number of aromatic nitrogens is 1. The van der Waals surface area contributed by atoms with E-state index >= 15 is 0 Å². The second-order valence-electron chi connectivity index (χ2n) is 9.29. The van der Waals surface area contributed by atoms with Crippen LogP contribution in [0.2, 0.25) is 0 Å². The molecule has 1 saturated carbocycles. The zero-order chi connectivity index (χ0) is 25.8. The Hall–Kier alpha value is -3.49. The summed E-state index contributed by atoms with van der Waals surface area (Å²) in [6.07, 6.45) is 8.14. The minimum Gasteiger partial charge on any atom is -0.397 e. The second kappa shape index (κ2) is 11.1. The predicted molar refractivity (Wildman–Crippen MR) is 140 cm³/mol. The number of piperidine rings is 1. The van der Waals surface area contributed by atoms with Crippen molar-refractivity contribution in [1.29, 1.82) is 0 Å². The molecular weight excluding hydrogens is 460 g/mol. The zero-order valence-corrected chi connectivity index (χ0v) is 20.5. The van der Waals surface area contributed by atoms with E-state index in [-0.39, 0.29) is 29.8 Å². The maximum absolute atomic E-state index is 14.5. The Kier molecular flexibility index (Phi) is 7.86. The highest BCUT2D eigenvalue weighted by Gasteiger charge is 2.28. The van der Waals surface area contributed by atoms with E-state index in [1.165, 1.54) is 24.3 Å². The molecule has 1 aromatic heterocycles. The first-order valence-electron chi connectivity index (χ1n) is 12.2. The summed E-state index contributed by atoms with van der Waals surface area (Å²) in [4.78, 5) is 6.75. The van der Waals surface area contributed by atoms with Crippen LogP contribution in [0.5, 0.6) is 0 Å². The summed E-state index contributed by atoms with van der Waals surface area (Å²) in [5.74, 6) is -1.30. The van der Waals surface area contributed by atoms with E-state index in [9.17, 15) is 13.9 Å². The van der Waals surface area contributed by atoms with E-state index in [2.05, 4.69) is 21.8 Å². The molecule has 6 nitrogen and oxygen atoms in total. The first-order chi connectivity index (χ1) is 17.4. The molecule has 2 fully saturated rings. The Morgan fingerprint density at radius 3 is 2.56 bits per heavy atom. The number of nitrogens with one attached hydrogen (secondary N) is 1. The fourth-order valence-electron chi connectivity index (χ4n) is 4.63. The SMILES string of the molecule is C=C/C(NC(=C1CC1)c1nc(-c2c(F)cccc2F)ccc1N)=C(\C=C/C)N1CC(N)CC(CO)C1. The number of hydrogen-bond acceptors (Lipinski definition) is 6. The zero-order valence-electron chi connectivity index (χ0n) is 20.5. The van der Waals surface area contributed by atoms with Crippen molar-refractivity contribution in [1.82, 2.24) is 15.2 Å². The number of nitrogens with two attached hydrogens (primary N) is 2. The lowest BCUT2D eigenvalue weighted by Gasteiger charge is -2.38. The van der Waals surface area contributed by atoms with E-state index in [4.69, 9.17) is 11.5 Å². The molecule has 0 radical (unpaired) electrons. The number of aliphatic hydroxyl groups excluding tert-OH is 1. The molecule has 0 bridgehead atoms. The van der Waals surface area contributed by atoms with Gasteiger partial charge in [0.25, 0.3) is 0 Å². The van der Waals surface area contributed by atoms with Crippen molar-refractivity contribution in [2.24, 2.45) is 11.7 Å². The van der Waals surface area contributed by atoms with Crippen molar-refractivity contribution in [3.63, 3.8) is 0 Å². The van der Waals surface area contributed by atoms with E-state index in [0.717, 1.165) is 36.2 Å². The largest absolute Gasteiger partial charge is 0.397 e. The van der Waals surface area contributed by atoms with Crippen LogP contribution in [-0.2, 0) is 0 Å². The van der Waals surface area contributed by atoms with Gasteiger partial charge in [-0.25, -0.2) is 13.8 Å². The van der Waals surface area contributed by atoms with Gasteiger partial charge in [0.1, 0.15) is 17.3 Å². The van der Waals surface area contributed by atoms with Crippen LogP contribution in [0.4, 0.5) is 14.5 Å². The van der Waals surface area contributed by atoms with Crippen molar-refractivity contribution in [2.45, 2.75) is 32.2 Å². The molecule has 2 aromatic rings. The number of rotatable bonds is 8. The Bertz CT molecular complexity index is 1210. The molecule has 36 heavy (non-hydrogen) atoms. The lowest BCUT2D eigenvalue weighted by atomic mass is 9.94. The average Bonchev–Trinajstić information content (AvgIpc) is 3.70. The number of hydrogen-bond donors (Lipinski definition) is 4. The van der Waals surface area contributed by atoms with Crippen LogP contribution in [0.1, 0.15) is 31.9 Å². The molecule has 6 N–H and O–H groups in total. The number of allylic oxidation sites excluding steroid dienone is 4. The van der Waals surface area contributed by atoms with E-state index in [1.54, 1.807) is 12.1 Å². The quantitative estimate of drug-likeness (QED) is 0.409. The van der Waals surface area contributed by atoms with Gasteiger partial charge in [-0.3, -0.25) is 0 Å². The summed E-state index contributed by atoms with van der Waals surface area (Å²) < 4.78 is 29.0. The van der Waals surface area contributed by atoms with Gasteiger partial charge >= 0.3 is 0 Å². The Morgan fingerprint density at radius 1 is 1.22 bits per heavy atom. The van der Waals surface area contributed by atoms with Crippen LogP contribution in [0.25, 0.3) is 17.0 Å². The number of aliphatic hydroxyl groups is 1. The molecule has 1 aliphatic heterocycles. The van der Waals surface area contributed by atoms with Gasteiger partial charge in [-0.1, -0.05) is 18.7 Å². The van der Waals surface area contributed by atoms with Crippen molar-refractivity contribution in [3.05, 3.63) is 89.4 Å². The average molecular weight is 494 g/mol. The molecule has 0 spiro atoms. The smallest absolute Gasteiger partial charge is 0.135 e. The van der Waals surface area contributed by atoms with Gasteiger partial charge in [0.05, 0.1) is 34.0 Å². The first-order valence-corrected chi connectivity index (χ1v) is 12.2. The van der Waals surface area contributed by atoms with Crippen molar-refractivity contribution in [3.8, 4) is 11.3 Å². The van der Waals surface area contributed by atoms with Crippen LogP contribution < -0.4 is 16.8 Å². The van der Waals surface area contributed by atoms with Crippen molar-refractivity contribution in [2.75, 3.05) is 25.4 Å². The van der Waals surface area contributed by atoms with E-state index in [1.807, 2.05) is 19.1 Å². The monoisotopic (exact) mass is 493 g/mol. The number of likely N-dealkylation sites (tertiary alicyclic amines) is 1. The van der Waals surface area contributed by atoms with Crippen LogP contribution in [0, 0.1) is 17.6 Å². The normalized spacial score (nSPS) is 20.4. The van der Waals surface area contributed by atoms with Crippen LogP contribution in [0.15, 0.2) is 72.1 Å². The van der Waals surface area contributed by atoms with Crippen molar-refractivity contribution < 1.29 is 13.9 Å². The fraction of sp³-hybridized carbons (Fsp3) is 0.321. The molecule has 2 heterocycles. The minimum atomic E-state index is -0.686. The Morgan fingerprint density at radius 2 is 1.94 bits per heavy atom. The minimum absolute atomic E-state index is 0.0619. The molecule has 1 aliphatic carbocycles. The summed E-state index contributed by atoms with van der Waals surface area (Å²) >= 11 is 0. The van der Waals surface area contributed by atoms with Crippen LogP contribution in [-0.4, -0.2) is 40.7 Å². The molecule has 1 aromatic carbocycles. The highest BCUT2D eigenvalue weighted by atomic mass is 19.1. The van der Waals surface area contributed by atoms with Gasteiger partial charge in [0, 0.05) is 31.7 Å². The lowest BCUT2D eigenvalue weighted by molar-refractivity contribution is 0.132. The highest BCUT2D eigenvalue weighted by Crippen LogP contribution is 2.38. The number of nitrogens with zero attached hydrogens (tertiary/aromatic N) is 2. The topological polar surface area (TPSA) is 100 Å². The highest BCUT2D eigenvalue weighted by molar-refractivity contribution is 5.79. The summed E-state index contributed by atoms with van der Waals surface area (Å²) in [6.45, 7) is 7.33. The van der Waals surface area contributed by atoms with Gasteiger partial charge in [-0.15, -0.1) is 0 Å². The van der Waals surface area contributed by atoms with Gasteiger partial charge in [-0.05, 0) is 68.2 Å². The number of halogens is 2. The molecule has 2 aliphatic rings. The van der Waals surface area contributed by atoms with Gasteiger partial charge in [0.15, 0.2) is 0 Å². The standard InChI is InChI=1S/C28H33F2N5O/c1-3-6-25(35-14-17(16-36)13-19(31)15-35)23(4-2)33-27(18-9-10-18)28-22(32)11-12-24(34-28)26-20(29)7-5-8-21(26)30/h3-8,11-12,17,19,33,36H,2,9-10,13-16,31-32H2,1H3/b6-3-,25-23-. The third-order valence-electron chi connectivity index (χ3n) is 6.47.